The Labute approximate surface area is 113 Å². The molecule has 0 radical (unpaired) electrons. The third kappa shape index (κ3) is 2.20. The van der Waals surface area contributed by atoms with E-state index in [9.17, 15) is 4.79 Å². The molecule has 1 aromatic heterocycles. The van der Waals surface area contributed by atoms with Crippen LogP contribution in [0.1, 0.15) is 29.8 Å². The zero-order chi connectivity index (χ0) is 13.4. The molecule has 1 atom stereocenters. The Hall–Kier alpha value is -1.56. The van der Waals surface area contributed by atoms with Crippen molar-refractivity contribution >= 4 is 11.6 Å². The van der Waals surface area contributed by atoms with Crippen molar-refractivity contribution in [3.05, 3.63) is 11.9 Å². The number of aryl methyl sites for hydroxylation is 1. The molecule has 3 rings (SSSR count). The number of fused-ring (bicyclic) bond motifs is 1. The molecule has 3 heterocycles. The van der Waals surface area contributed by atoms with Crippen molar-refractivity contribution in [1.82, 2.24) is 19.6 Å². The van der Waals surface area contributed by atoms with Crippen LogP contribution in [-0.4, -0.2) is 57.7 Å². The number of carbonyl (C=O) groups is 1. The quantitative estimate of drug-likeness (QED) is 0.792. The molecule has 2 aliphatic rings. The van der Waals surface area contributed by atoms with E-state index in [1.807, 2.05) is 4.90 Å². The van der Waals surface area contributed by atoms with Gasteiger partial charge in [0.25, 0.3) is 5.91 Å². The van der Waals surface area contributed by atoms with E-state index in [0.29, 0.717) is 17.4 Å². The summed E-state index contributed by atoms with van der Waals surface area (Å²) < 4.78 is 1.58. The van der Waals surface area contributed by atoms with E-state index < -0.39 is 0 Å². The first-order chi connectivity index (χ1) is 9.16. The van der Waals surface area contributed by atoms with Crippen LogP contribution in [0.4, 0.5) is 5.69 Å². The van der Waals surface area contributed by atoms with Crippen molar-refractivity contribution in [3.63, 3.8) is 0 Å². The van der Waals surface area contributed by atoms with Crippen LogP contribution in [0.25, 0.3) is 0 Å². The highest BCUT2D eigenvalue weighted by atomic mass is 16.2. The van der Waals surface area contributed by atoms with E-state index in [1.165, 1.54) is 19.4 Å². The number of carbonyl (C=O) groups excluding carboxylic acids is 1. The van der Waals surface area contributed by atoms with E-state index in [0.717, 1.165) is 26.1 Å². The normalized spacial score (nSPS) is 24.3. The van der Waals surface area contributed by atoms with Gasteiger partial charge in [0.15, 0.2) is 0 Å². The average Bonchev–Trinajstić information content (AvgIpc) is 2.90. The molecule has 6 nitrogen and oxygen atoms in total. The maximum atomic E-state index is 12.6. The lowest BCUT2D eigenvalue weighted by molar-refractivity contribution is 0.0733. The number of nitrogens with zero attached hydrogens (tertiary/aromatic N) is 4. The van der Waals surface area contributed by atoms with E-state index in [4.69, 9.17) is 5.73 Å². The van der Waals surface area contributed by atoms with Gasteiger partial charge >= 0.3 is 0 Å². The number of aromatic nitrogens is 2. The number of hydrogen-bond acceptors (Lipinski definition) is 4. The summed E-state index contributed by atoms with van der Waals surface area (Å²) >= 11 is 0. The summed E-state index contributed by atoms with van der Waals surface area (Å²) in [4.78, 5) is 17.1. The molecule has 1 amide bonds. The van der Waals surface area contributed by atoms with Gasteiger partial charge in [0.05, 0.1) is 11.9 Å². The van der Waals surface area contributed by atoms with Crippen molar-refractivity contribution < 1.29 is 4.79 Å². The summed E-state index contributed by atoms with van der Waals surface area (Å²) in [6.45, 7) is 3.93. The average molecular weight is 263 g/mol. The van der Waals surface area contributed by atoms with Gasteiger partial charge < -0.3 is 10.6 Å². The van der Waals surface area contributed by atoms with Crippen LogP contribution >= 0.6 is 0 Å². The fourth-order valence-electron chi connectivity index (χ4n) is 3.26. The predicted molar refractivity (Wildman–Crippen MR) is 72.7 cm³/mol. The van der Waals surface area contributed by atoms with Gasteiger partial charge in [0.2, 0.25) is 0 Å². The van der Waals surface area contributed by atoms with Crippen LogP contribution < -0.4 is 5.73 Å². The summed E-state index contributed by atoms with van der Waals surface area (Å²) in [6, 6.07) is 0.529. The summed E-state index contributed by atoms with van der Waals surface area (Å²) in [7, 11) is 1.77. The first-order valence-electron chi connectivity index (χ1n) is 6.97. The highest BCUT2D eigenvalue weighted by Crippen LogP contribution is 2.23. The Morgan fingerprint density at radius 3 is 2.89 bits per heavy atom. The number of nitrogens with two attached hydrogens (primary N) is 1. The van der Waals surface area contributed by atoms with Gasteiger partial charge in [0.1, 0.15) is 5.69 Å². The molecule has 104 valence electrons. The first-order valence-corrected chi connectivity index (χ1v) is 6.97. The molecule has 1 aromatic rings. The monoisotopic (exact) mass is 263 g/mol. The van der Waals surface area contributed by atoms with E-state index in [1.54, 1.807) is 17.9 Å². The predicted octanol–water partition coefficient (Wildman–Crippen LogP) is 0.313. The second-order valence-electron chi connectivity index (χ2n) is 5.51. The molecule has 1 unspecified atom stereocenters. The van der Waals surface area contributed by atoms with E-state index >= 15 is 0 Å². The number of rotatable bonds is 1. The molecule has 2 saturated heterocycles. The maximum Gasteiger partial charge on any atom is 0.274 e. The lowest BCUT2D eigenvalue weighted by Crippen LogP contribution is -2.40. The van der Waals surface area contributed by atoms with Crippen LogP contribution in [0.5, 0.6) is 0 Å². The molecule has 2 aliphatic heterocycles. The smallest absolute Gasteiger partial charge is 0.274 e. The third-order valence-corrected chi connectivity index (χ3v) is 4.26. The van der Waals surface area contributed by atoms with Gasteiger partial charge in [-0.25, -0.2) is 0 Å². The van der Waals surface area contributed by atoms with Gasteiger partial charge in [-0.15, -0.1) is 0 Å². The van der Waals surface area contributed by atoms with Crippen LogP contribution in [0, 0.1) is 0 Å². The molecule has 2 N–H and O–H groups in total. The van der Waals surface area contributed by atoms with Gasteiger partial charge in [-0.05, 0) is 25.8 Å². The van der Waals surface area contributed by atoms with Crippen LogP contribution in [0.3, 0.4) is 0 Å². The Kier molecular flexibility index (Phi) is 3.18. The molecule has 0 bridgehead atoms. The van der Waals surface area contributed by atoms with Gasteiger partial charge in [-0.1, -0.05) is 0 Å². The molecule has 0 aliphatic carbocycles. The minimum Gasteiger partial charge on any atom is -0.396 e. The number of anilines is 1. The minimum absolute atomic E-state index is 0.0197. The van der Waals surface area contributed by atoms with Gasteiger partial charge in [-0.3, -0.25) is 14.4 Å². The molecule has 6 heteroatoms. The number of hydrogen-bond donors (Lipinski definition) is 1. The van der Waals surface area contributed by atoms with Gasteiger partial charge in [-0.2, -0.15) is 5.10 Å². The zero-order valence-electron chi connectivity index (χ0n) is 11.4. The summed E-state index contributed by atoms with van der Waals surface area (Å²) in [6.07, 6.45) is 5.04. The van der Waals surface area contributed by atoms with Crippen LogP contribution in [-0.2, 0) is 7.05 Å². The zero-order valence-corrected chi connectivity index (χ0v) is 11.4. The van der Waals surface area contributed by atoms with Crippen molar-refractivity contribution in [2.45, 2.75) is 25.3 Å². The van der Waals surface area contributed by atoms with Crippen molar-refractivity contribution in [2.75, 3.05) is 31.9 Å². The van der Waals surface area contributed by atoms with E-state index in [2.05, 4.69) is 10.00 Å². The molecule has 0 aromatic carbocycles. The molecule has 0 saturated carbocycles. The van der Waals surface area contributed by atoms with Crippen LogP contribution in [0.2, 0.25) is 0 Å². The lowest BCUT2D eigenvalue weighted by Gasteiger charge is -2.25. The molecule has 19 heavy (non-hydrogen) atoms. The summed E-state index contributed by atoms with van der Waals surface area (Å²) in [5.41, 5.74) is 6.85. The Balaban J connectivity index is 1.79. The topological polar surface area (TPSA) is 67.4 Å². The SMILES string of the molecule is Cn1ncc(N)c1C(=O)N1CCCN2CCCC2C1. The van der Waals surface area contributed by atoms with Crippen molar-refractivity contribution in [3.8, 4) is 0 Å². The van der Waals surface area contributed by atoms with Crippen LogP contribution in [0.15, 0.2) is 6.20 Å². The largest absolute Gasteiger partial charge is 0.396 e. The van der Waals surface area contributed by atoms with E-state index in [-0.39, 0.29) is 5.91 Å². The highest BCUT2D eigenvalue weighted by Gasteiger charge is 2.32. The van der Waals surface area contributed by atoms with Crippen molar-refractivity contribution in [2.24, 2.45) is 7.05 Å². The van der Waals surface area contributed by atoms with Crippen molar-refractivity contribution in [1.29, 1.82) is 0 Å². The Bertz CT molecular complexity index is 464. The summed E-state index contributed by atoms with van der Waals surface area (Å²) in [5, 5.41) is 4.06. The minimum atomic E-state index is 0.0197. The first kappa shape index (κ1) is 12.5. The molecular weight excluding hydrogens is 242 g/mol. The van der Waals surface area contributed by atoms with Gasteiger partial charge in [0, 0.05) is 32.7 Å². The second kappa shape index (κ2) is 4.85. The Morgan fingerprint density at radius 2 is 2.16 bits per heavy atom. The Morgan fingerprint density at radius 1 is 1.37 bits per heavy atom. The number of amides is 1. The molecule has 0 spiro atoms. The second-order valence-corrected chi connectivity index (χ2v) is 5.51. The molecule has 2 fully saturated rings. The number of nitrogen functional groups attached to an aromatic ring is 1. The summed E-state index contributed by atoms with van der Waals surface area (Å²) in [5.74, 6) is 0.0197. The fourth-order valence-corrected chi connectivity index (χ4v) is 3.26. The maximum absolute atomic E-state index is 12.6. The third-order valence-electron chi connectivity index (χ3n) is 4.26. The fraction of sp³-hybridized carbons (Fsp3) is 0.692. The standard InChI is InChI=1S/C13H21N5O/c1-16-12(11(14)8-15-16)13(19)18-7-3-6-17-5-2-4-10(17)9-18/h8,10H,2-7,9,14H2,1H3. The highest BCUT2D eigenvalue weighted by molar-refractivity contribution is 5.97. The molecular formula is C13H21N5O. The lowest BCUT2D eigenvalue weighted by atomic mass is 10.2.